The molecule has 0 heterocycles. The molecule has 0 bridgehead atoms. The summed E-state index contributed by atoms with van der Waals surface area (Å²) in [6.45, 7) is 0.544. The zero-order valence-electron chi connectivity index (χ0n) is 11.4. The molecule has 0 radical (unpaired) electrons. The Bertz CT molecular complexity index is 610. The summed E-state index contributed by atoms with van der Waals surface area (Å²) in [5.41, 5.74) is 10.8. The second-order valence-electron chi connectivity index (χ2n) is 5.23. The highest BCUT2D eigenvalue weighted by molar-refractivity contribution is 9.10. The predicted octanol–water partition coefficient (Wildman–Crippen LogP) is 4.49. The molecule has 3 heteroatoms. The Kier molecular flexibility index (Phi) is 3.97. The van der Waals surface area contributed by atoms with Gasteiger partial charge < -0.3 is 10.5 Å². The number of hydrogen-bond acceptors (Lipinski definition) is 2. The van der Waals surface area contributed by atoms with Gasteiger partial charge in [-0.25, -0.2) is 0 Å². The van der Waals surface area contributed by atoms with Gasteiger partial charge in [0, 0.05) is 0 Å². The lowest BCUT2D eigenvalue weighted by Crippen LogP contribution is -2.08. The van der Waals surface area contributed by atoms with Crippen molar-refractivity contribution in [1.82, 2.24) is 0 Å². The minimum Gasteiger partial charge on any atom is -0.486 e. The Labute approximate surface area is 128 Å². The number of aryl methyl sites for hydroxylation is 1. The molecule has 2 nitrogen and oxygen atoms in total. The first-order chi connectivity index (χ1) is 9.75. The highest BCUT2D eigenvalue weighted by atomic mass is 79.9. The largest absolute Gasteiger partial charge is 0.486 e. The van der Waals surface area contributed by atoms with Gasteiger partial charge in [0.25, 0.3) is 0 Å². The van der Waals surface area contributed by atoms with Crippen LogP contribution in [0.4, 0.5) is 5.69 Å². The van der Waals surface area contributed by atoms with Crippen LogP contribution in [0, 0.1) is 0 Å². The first-order valence-electron chi connectivity index (χ1n) is 7.02. The molecule has 1 aliphatic carbocycles. The number of halogens is 1. The second-order valence-corrected chi connectivity index (χ2v) is 6.02. The third kappa shape index (κ3) is 2.68. The summed E-state index contributed by atoms with van der Waals surface area (Å²) in [5.74, 6) is 0.787. The van der Waals surface area contributed by atoms with Gasteiger partial charge in [-0.2, -0.15) is 0 Å². The first-order valence-corrected chi connectivity index (χ1v) is 7.81. The average molecular weight is 332 g/mol. The van der Waals surface area contributed by atoms with Crippen LogP contribution in [0.15, 0.2) is 40.9 Å². The number of nitrogens with two attached hydrogens (primary N) is 1. The SMILES string of the molecule is Nc1cc2c(c(Br)c1OCc1ccccc1)CCCC2. The molecule has 20 heavy (non-hydrogen) atoms. The van der Waals surface area contributed by atoms with E-state index >= 15 is 0 Å². The van der Waals surface area contributed by atoms with Crippen molar-refractivity contribution >= 4 is 21.6 Å². The Balaban J connectivity index is 1.86. The lowest BCUT2D eigenvalue weighted by atomic mass is 9.91. The molecule has 2 N–H and O–H groups in total. The van der Waals surface area contributed by atoms with Gasteiger partial charge in [0.2, 0.25) is 0 Å². The van der Waals surface area contributed by atoms with Crippen LogP contribution in [0.2, 0.25) is 0 Å². The molecule has 0 unspecified atom stereocenters. The molecule has 0 saturated carbocycles. The maximum absolute atomic E-state index is 6.15. The number of fused-ring (bicyclic) bond motifs is 1. The molecule has 2 aromatic rings. The molecule has 0 spiro atoms. The van der Waals surface area contributed by atoms with E-state index in [0.717, 1.165) is 34.3 Å². The minimum absolute atomic E-state index is 0.544. The van der Waals surface area contributed by atoms with E-state index in [0.29, 0.717) is 6.61 Å². The fourth-order valence-corrected chi connectivity index (χ4v) is 3.53. The van der Waals surface area contributed by atoms with Crippen molar-refractivity contribution in [3.63, 3.8) is 0 Å². The molecular weight excluding hydrogens is 314 g/mol. The molecule has 0 saturated heterocycles. The summed E-state index contributed by atoms with van der Waals surface area (Å²) < 4.78 is 6.99. The molecule has 0 aromatic heterocycles. The molecule has 104 valence electrons. The maximum atomic E-state index is 6.15. The number of anilines is 1. The zero-order valence-corrected chi connectivity index (χ0v) is 12.9. The van der Waals surface area contributed by atoms with Crippen molar-refractivity contribution in [2.24, 2.45) is 0 Å². The summed E-state index contributed by atoms with van der Waals surface area (Å²) in [7, 11) is 0. The van der Waals surface area contributed by atoms with Crippen LogP contribution >= 0.6 is 15.9 Å². The quantitative estimate of drug-likeness (QED) is 0.841. The van der Waals surface area contributed by atoms with E-state index < -0.39 is 0 Å². The third-order valence-electron chi connectivity index (χ3n) is 3.79. The van der Waals surface area contributed by atoms with Crippen molar-refractivity contribution in [2.45, 2.75) is 32.3 Å². The maximum Gasteiger partial charge on any atom is 0.157 e. The molecule has 0 fully saturated rings. The van der Waals surface area contributed by atoms with E-state index in [1.807, 2.05) is 18.2 Å². The minimum atomic E-state index is 0.544. The number of nitrogen functional groups attached to an aromatic ring is 1. The highest BCUT2D eigenvalue weighted by Crippen LogP contribution is 2.40. The van der Waals surface area contributed by atoms with Crippen LogP contribution in [0.25, 0.3) is 0 Å². The van der Waals surface area contributed by atoms with Gasteiger partial charge in [-0.15, -0.1) is 0 Å². The number of rotatable bonds is 3. The number of ether oxygens (including phenoxy) is 1. The zero-order chi connectivity index (χ0) is 13.9. The van der Waals surface area contributed by atoms with Gasteiger partial charge in [-0.05, 0) is 64.4 Å². The fraction of sp³-hybridized carbons (Fsp3) is 0.294. The molecule has 1 aliphatic rings. The first kappa shape index (κ1) is 13.5. The summed E-state index contributed by atoms with van der Waals surface area (Å²) >= 11 is 3.69. The topological polar surface area (TPSA) is 35.2 Å². The molecule has 0 atom stereocenters. The van der Waals surface area contributed by atoms with Crippen LogP contribution in [0.3, 0.4) is 0 Å². The monoisotopic (exact) mass is 331 g/mol. The van der Waals surface area contributed by atoms with Crippen LogP contribution in [-0.4, -0.2) is 0 Å². The van der Waals surface area contributed by atoms with E-state index in [4.69, 9.17) is 10.5 Å². The predicted molar refractivity (Wildman–Crippen MR) is 86.0 cm³/mol. The van der Waals surface area contributed by atoms with Gasteiger partial charge in [-0.1, -0.05) is 30.3 Å². The molecular formula is C17H18BrNO. The van der Waals surface area contributed by atoms with Crippen LogP contribution in [0.1, 0.15) is 29.5 Å². The van der Waals surface area contributed by atoms with Gasteiger partial charge in [0.1, 0.15) is 6.61 Å². The van der Waals surface area contributed by atoms with E-state index in [1.54, 1.807) is 0 Å². The standard InChI is InChI=1S/C17H18BrNO/c18-16-14-9-5-4-8-13(14)10-15(19)17(16)20-11-12-6-2-1-3-7-12/h1-3,6-7,10H,4-5,8-9,11,19H2. The fourth-order valence-electron chi connectivity index (χ4n) is 2.73. The Hall–Kier alpha value is -1.48. The third-order valence-corrected chi connectivity index (χ3v) is 4.63. The molecule has 0 amide bonds. The highest BCUT2D eigenvalue weighted by Gasteiger charge is 2.18. The Morgan fingerprint density at radius 2 is 1.85 bits per heavy atom. The van der Waals surface area contributed by atoms with Gasteiger partial charge in [0.15, 0.2) is 5.75 Å². The van der Waals surface area contributed by atoms with Crippen molar-refractivity contribution in [1.29, 1.82) is 0 Å². The second kappa shape index (κ2) is 5.88. The van der Waals surface area contributed by atoms with Crippen molar-refractivity contribution in [3.8, 4) is 5.75 Å². The van der Waals surface area contributed by atoms with E-state index in [1.165, 1.54) is 24.0 Å². The van der Waals surface area contributed by atoms with Gasteiger partial charge in [-0.3, -0.25) is 0 Å². The lowest BCUT2D eigenvalue weighted by molar-refractivity contribution is 0.305. The van der Waals surface area contributed by atoms with E-state index in [9.17, 15) is 0 Å². The molecule has 2 aromatic carbocycles. The van der Waals surface area contributed by atoms with Gasteiger partial charge >= 0.3 is 0 Å². The van der Waals surface area contributed by atoms with Crippen LogP contribution in [0.5, 0.6) is 5.75 Å². The van der Waals surface area contributed by atoms with E-state index in [-0.39, 0.29) is 0 Å². The lowest BCUT2D eigenvalue weighted by Gasteiger charge is -2.21. The van der Waals surface area contributed by atoms with Crippen LogP contribution < -0.4 is 10.5 Å². The van der Waals surface area contributed by atoms with Crippen LogP contribution in [-0.2, 0) is 19.4 Å². The van der Waals surface area contributed by atoms with Gasteiger partial charge in [0.05, 0.1) is 10.2 Å². The smallest absolute Gasteiger partial charge is 0.157 e. The summed E-state index contributed by atoms with van der Waals surface area (Å²) in [4.78, 5) is 0. The summed E-state index contributed by atoms with van der Waals surface area (Å²) in [5, 5.41) is 0. The molecule has 3 rings (SSSR count). The number of benzene rings is 2. The van der Waals surface area contributed by atoms with Crippen molar-refractivity contribution in [2.75, 3.05) is 5.73 Å². The van der Waals surface area contributed by atoms with Crippen molar-refractivity contribution in [3.05, 3.63) is 57.6 Å². The Morgan fingerprint density at radius 3 is 2.65 bits per heavy atom. The summed E-state index contributed by atoms with van der Waals surface area (Å²) in [6.07, 6.45) is 4.73. The number of hydrogen-bond donors (Lipinski definition) is 1. The summed E-state index contributed by atoms with van der Waals surface area (Å²) in [6, 6.07) is 12.2. The molecule has 0 aliphatic heterocycles. The normalized spacial score (nSPS) is 13.8. The van der Waals surface area contributed by atoms with Crippen molar-refractivity contribution < 1.29 is 4.74 Å². The Morgan fingerprint density at radius 1 is 1.10 bits per heavy atom. The average Bonchev–Trinajstić information content (AvgIpc) is 2.48. The van der Waals surface area contributed by atoms with E-state index in [2.05, 4.69) is 34.1 Å².